The van der Waals surface area contributed by atoms with Gasteiger partial charge in [0, 0.05) is 0 Å². The zero-order chi connectivity index (χ0) is 14.3. The first-order valence-corrected chi connectivity index (χ1v) is 6.42. The maximum Gasteiger partial charge on any atom is 0.239 e. The van der Waals surface area contributed by atoms with Gasteiger partial charge in [-0.1, -0.05) is 11.6 Å². The molecule has 0 spiro atoms. The SMILES string of the molecule is Cc1cc2ncn(-c3nc(NN)ncc3Cl)c2cc1C. The van der Waals surface area contributed by atoms with Crippen molar-refractivity contribution in [3.8, 4) is 5.82 Å². The predicted molar refractivity (Wildman–Crippen MR) is 79.0 cm³/mol. The number of nitrogens with zero attached hydrogens (tertiary/aromatic N) is 4. The molecule has 0 amide bonds. The van der Waals surface area contributed by atoms with Gasteiger partial charge in [0.15, 0.2) is 5.82 Å². The molecule has 0 aliphatic rings. The molecule has 0 radical (unpaired) electrons. The van der Waals surface area contributed by atoms with E-state index in [1.165, 1.54) is 17.3 Å². The standard InChI is InChI=1S/C13H13ClN6/c1-7-3-10-11(4-8(7)2)20(6-17-10)12-9(14)5-16-13(18-12)19-15/h3-6H,15H2,1-2H3,(H,16,18,19). The van der Waals surface area contributed by atoms with E-state index in [4.69, 9.17) is 17.4 Å². The Bertz CT molecular complexity index is 795. The van der Waals surface area contributed by atoms with Crippen molar-refractivity contribution in [3.63, 3.8) is 0 Å². The molecule has 7 heteroatoms. The molecule has 102 valence electrons. The first-order valence-electron chi connectivity index (χ1n) is 6.04. The molecule has 3 rings (SSSR count). The molecule has 0 atom stereocenters. The highest BCUT2D eigenvalue weighted by Crippen LogP contribution is 2.25. The Morgan fingerprint density at radius 2 is 1.95 bits per heavy atom. The van der Waals surface area contributed by atoms with Crippen molar-refractivity contribution >= 4 is 28.6 Å². The number of benzene rings is 1. The van der Waals surface area contributed by atoms with Gasteiger partial charge in [0.1, 0.15) is 11.3 Å². The fourth-order valence-electron chi connectivity index (χ4n) is 2.03. The molecule has 1 aromatic carbocycles. The van der Waals surface area contributed by atoms with Crippen LogP contribution >= 0.6 is 11.6 Å². The predicted octanol–water partition coefficient (Wildman–Crippen LogP) is 2.37. The minimum absolute atomic E-state index is 0.301. The van der Waals surface area contributed by atoms with Gasteiger partial charge in [-0.05, 0) is 37.1 Å². The molecule has 2 aromatic heterocycles. The van der Waals surface area contributed by atoms with E-state index >= 15 is 0 Å². The van der Waals surface area contributed by atoms with Gasteiger partial charge in [-0.15, -0.1) is 0 Å². The average molecular weight is 289 g/mol. The van der Waals surface area contributed by atoms with E-state index < -0.39 is 0 Å². The molecular formula is C13H13ClN6. The highest BCUT2D eigenvalue weighted by Gasteiger charge is 2.12. The maximum atomic E-state index is 6.17. The van der Waals surface area contributed by atoms with Crippen molar-refractivity contribution in [2.45, 2.75) is 13.8 Å². The number of hydrogen-bond donors (Lipinski definition) is 2. The number of nitrogens with two attached hydrogens (primary N) is 1. The van der Waals surface area contributed by atoms with Crippen molar-refractivity contribution in [3.05, 3.63) is 40.8 Å². The molecule has 0 aliphatic carbocycles. The number of hydrazine groups is 1. The number of aryl methyl sites for hydroxylation is 2. The molecule has 0 aliphatic heterocycles. The van der Waals surface area contributed by atoms with Crippen molar-refractivity contribution in [2.75, 3.05) is 5.43 Å². The van der Waals surface area contributed by atoms with Crippen LogP contribution in [-0.2, 0) is 0 Å². The Hall–Kier alpha value is -2.18. The number of nitrogen functional groups attached to an aromatic ring is 1. The van der Waals surface area contributed by atoms with Gasteiger partial charge in [0.25, 0.3) is 0 Å². The first kappa shape index (κ1) is 12.8. The molecule has 0 saturated heterocycles. The van der Waals surface area contributed by atoms with Crippen LogP contribution < -0.4 is 11.3 Å². The molecule has 0 unspecified atom stereocenters. The van der Waals surface area contributed by atoms with Crippen molar-refractivity contribution < 1.29 is 0 Å². The Balaban J connectivity index is 2.27. The van der Waals surface area contributed by atoms with E-state index in [0.29, 0.717) is 16.8 Å². The second kappa shape index (κ2) is 4.73. The molecule has 2 heterocycles. The normalized spacial score (nSPS) is 11.0. The highest BCUT2D eigenvalue weighted by molar-refractivity contribution is 6.32. The number of fused-ring (bicyclic) bond motifs is 1. The third-order valence-corrected chi connectivity index (χ3v) is 3.51. The fourth-order valence-corrected chi connectivity index (χ4v) is 2.21. The number of aromatic nitrogens is 4. The highest BCUT2D eigenvalue weighted by atomic mass is 35.5. The molecule has 0 fully saturated rings. The number of halogens is 1. The molecular weight excluding hydrogens is 276 g/mol. The minimum atomic E-state index is 0.301. The van der Waals surface area contributed by atoms with Gasteiger partial charge in [-0.2, -0.15) is 4.98 Å². The van der Waals surface area contributed by atoms with Crippen LogP contribution in [0.25, 0.3) is 16.9 Å². The average Bonchev–Trinajstić information content (AvgIpc) is 2.83. The molecule has 20 heavy (non-hydrogen) atoms. The summed E-state index contributed by atoms with van der Waals surface area (Å²) in [6.45, 7) is 4.11. The monoisotopic (exact) mass is 288 g/mol. The summed E-state index contributed by atoms with van der Waals surface area (Å²) >= 11 is 6.17. The first-order chi connectivity index (χ1) is 9.60. The summed E-state index contributed by atoms with van der Waals surface area (Å²) in [5.74, 6) is 6.18. The molecule has 3 N–H and O–H groups in total. The third kappa shape index (κ3) is 1.99. The molecule has 0 bridgehead atoms. The zero-order valence-corrected chi connectivity index (χ0v) is 11.8. The van der Waals surface area contributed by atoms with E-state index in [-0.39, 0.29) is 0 Å². The van der Waals surface area contributed by atoms with Crippen LogP contribution in [0, 0.1) is 13.8 Å². The number of hydrogen-bond acceptors (Lipinski definition) is 5. The van der Waals surface area contributed by atoms with Crippen LogP contribution in [0.5, 0.6) is 0 Å². The van der Waals surface area contributed by atoms with Gasteiger partial charge in [-0.25, -0.2) is 15.8 Å². The van der Waals surface area contributed by atoms with E-state index in [1.807, 2.05) is 10.6 Å². The van der Waals surface area contributed by atoms with Crippen LogP contribution in [0.2, 0.25) is 5.02 Å². The van der Waals surface area contributed by atoms with Crippen LogP contribution in [-0.4, -0.2) is 19.5 Å². The number of imidazole rings is 1. The van der Waals surface area contributed by atoms with E-state index in [9.17, 15) is 0 Å². The number of nitrogens with one attached hydrogen (secondary N) is 1. The summed E-state index contributed by atoms with van der Waals surface area (Å²) < 4.78 is 1.83. The number of rotatable bonds is 2. The van der Waals surface area contributed by atoms with Crippen molar-refractivity contribution in [1.82, 2.24) is 19.5 Å². The summed E-state index contributed by atoms with van der Waals surface area (Å²) in [5.41, 5.74) is 6.62. The lowest BCUT2D eigenvalue weighted by atomic mass is 10.1. The van der Waals surface area contributed by atoms with Crippen molar-refractivity contribution in [2.24, 2.45) is 5.84 Å². The van der Waals surface area contributed by atoms with Crippen LogP contribution in [0.1, 0.15) is 11.1 Å². The smallest absolute Gasteiger partial charge is 0.239 e. The zero-order valence-electron chi connectivity index (χ0n) is 11.1. The topological polar surface area (TPSA) is 81.7 Å². The van der Waals surface area contributed by atoms with Crippen LogP contribution in [0.3, 0.4) is 0 Å². The second-order valence-electron chi connectivity index (χ2n) is 4.55. The van der Waals surface area contributed by atoms with E-state index in [0.717, 1.165) is 11.0 Å². The van der Waals surface area contributed by atoms with Gasteiger partial charge >= 0.3 is 0 Å². The van der Waals surface area contributed by atoms with Gasteiger partial charge in [0.2, 0.25) is 5.95 Å². The Morgan fingerprint density at radius 3 is 2.70 bits per heavy atom. The third-order valence-electron chi connectivity index (χ3n) is 3.25. The summed E-state index contributed by atoms with van der Waals surface area (Å²) in [6.07, 6.45) is 3.20. The Labute approximate surface area is 120 Å². The van der Waals surface area contributed by atoms with Crippen molar-refractivity contribution in [1.29, 1.82) is 0 Å². The quantitative estimate of drug-likeness (QED) is 0.559. The summed E-state index contributed by atoms with van der Waals surface area (Å²) in [4.78, 5) is 12.6. The van der Waals surface area contributed by atoms with E-state index in [2.05, 4.69) is 40.3 Å². The lowest BCUT2D eigenvalue weighted by Gasteiger charge is -2.08. The molecule has 0 saturated carbocycles. The van der Waals surface area contributed by atoms with Crippen LogP contribution in [0.4, 0.5) is 5.95 Å². The Morgan fingerprint density at radius 1 is 1.20 bits per heavy atom. The molecule has 6 nitrogen and oxygen atoms in total. The second-order valence-corrected chi connectivity index (χ2v) is 4.96. The minimum Gasteiger partial charge on any atom is -0.292 e. The van der Waals surface area contributed by atoms with E-state index in [1.54, 1.807) is 6.33 Å². The maximum absolute atomic E-state index is 6.17. The van der Waals surface area contributed by atoms with Gasteiger partial charge in [-0.3, -0.25) is 9.99 Å². The fraction of sp³-hybridized carbons (Fsp3) is 0.154. The summed E-state index contributed by atoms with van der Waals surface area (Å²) in [5, 5.41) is 0.432. The van der Waals surface area contributed by atoms with Gasteiger partial charge < -0.3 is 0 Å². The molecule has 3 aromatic rings. The Kier molecular flexibility index (Phi) is 3.04. The van der Waals surface area contributed by atoms with Crippen LogP contribution in [0.15, 0.2) is 24.7 Å². The lowest BCUT2D eigenvalue weighted by Crippen LogP contribution is -2.12. The largest absolute Gasteiger partial charge is 0.292 e. The van der Waals surface area contributed by atoms with Gasteiger partial charge in [0.05, 0.1) is 17.2 Å². The lowest BCUT2D eigenvalue weighted by molar-refractivity contribution is 0.989. The summed E-state index contributed by atoms with van der Waals surface area (Å²) in [6, 6.07) is 4.10. The summed E-state index contributed by atoms with van der Waals surface area (Å²) in [7, 11) is 0. The number of anilines is 1.